The zero-order valence-corrected chi connectivity index (χ0v) is 85.4. The summed E-state index contributed by atoms with van der Waals surface area (Å²) in [5.41, 5.74) is 49.4. The van der Waals surface area contributed by atoms with Crippen LogP contribution < -0.4 is 131 Å². The molecule has 0 saturated carbocycles. The van der Waals surface area contributed by atoms with Crippen LogP contribution in [0.5, 0.6) is 0 Å². The smallest absolute Gasteiger partial charge is 0.305 e. The van der Waals surface area contributed by atoms with E-state index in [1.807, 2.05) is 0 Å². The lowest BCUT2D eigenvalue weighted by Gasteiger charge is -2.27. The number of hydrogen-bond acceptors (Lipinski definition) is 31. The van der Waals surface area contributed by atoms with Crippen molar-refractivity contribution in [1.29, 1.82) is 0 Å². The van der Waals surface area contributed by atoms with E-state index in [9.17, 15) is 116 Å². The lowest BCUT2D eigenvalue weighted by Crippen LogP contribution is -2.55. The SMILES string of the molecule is CC(=O)C[C@@H]1NC(=O)CNC(=O)[C@H](CCCCN=C(N)N)NC(=O)CCSSCC(C(N)=O)NC(=O)c2cccc(c2)NC1=O.NC(=O)C1CSSCCC(=O)N[C@@H](CCCCN=C(N)N)C(=O)NCC(=O)N[C@@H](CC(=O)O)C(=O)N/C(=C/c2ccccc2)C(=O)N2CCC[C@H]2C(=O)N1.NC(=O)C1CSSCCC(=O)N[C@@H](CCCCN=C(N)N)C(=O)NCC(=O)N[C@@H](CC(=O)O)C(=O)Nc2cc(cc3ccccc23)C(=O)N1. The van der Waals surface area contributed by atoms with Gasteiger partial charge in [0.2, 0.25) is 94.5 Å². The highest BCUT2D eigenvalue weighted by molar-refractivity contribution is 8.77. The number of benzene rings is 4. The first-order chi connectivity index (χ1) is 70.4. The minimum absolute atomic E-state index is 0.00930. The van der Waals surface area contributed by atoms with Crippen molar-refractivity contribution in [3.05, 3.63) is 113 Å². The van der Waals surface area contributed by atoms with Crippen LogP contribution in [0.4, 0.5) is 11.4 Å². The molecule has 0 spiro atoms. The molecule has 52 nitrogen and oxygen atoms in total. The van der Waals surface area contributed by atoms with Crippen LogP contribution in [0.25, 0.3) is 16.8 Å². The van der Waals surface area contributed by atoms with Crippen molar-refractivity contribution in [2.45, 2.75) is 176 Å². The van der Waals surface area contributed by atoms with Gasteiger partial charge >= 0.3 is 11.9 Å². The number of carbonyl (C=O) groups excluding carboxylic acids is 20. The number of nitrogens with one attached hydrogen (secondary N) is 15. The zero-order chi connectivity index (χ0) is 109. The number of Topliss-reactive ketones (excluding diaryl/α,β-unsaturated/α-hetero) is 1. The topological polar surface area (TPSA) is 871 Å². The maximum absolute atomic E-state index is 14.0. The van der Waals surface area contributed by atoms with Gasteiger partial charge in [-0.3, -0.25) is 120 Å². The molecule has 4 aromatic carbocycles. The van der Waals surface area contributed by atoms with Gasteiger partial charge in [-0.25, -0.2) is 0 Å². The van der Waals surface area contributed by atoms with Gasteiger partial charge in [-0.15, -0.1) is 0 Å². The number of fused-ring (bicyclic) bond motifs is 7. The molecule has 2 saturated heterocycles. The van der Waals surface area contributed by atoms with E-state index in [-0.39, 0.29) is 139 Å². The van der Waals surface area contributed by atoms with Gasteiger partial charge in [0, 0.05) is 114 Å². The maximum atomic E-state index is 14.0. The van der Waals surface area contributed by atoms with Crippen LogP contribution in [0, 0.1) is 0 Å². The molecule has 4 bridgehead atoms. The van der Waals surface area contributed by atoms with Crippen LogP contribution in [0.3, 0.4) is 0 Å². The third-order valence-electron chi connectivity index (χ3n) is 21.4. The van der Waals surface area contributed by atoms with Crippen LogP contribution in [-0.2, 0) is 95.9 Å². The Labute approximate surface area is 872 Å². The molecule has 0 aliphatic carbocycles. The number of guanidine groups is 3. The van der Waals surface area contributed by atoms with Gasteiger partial charge in [-0.1, -0.05) is 125 Å². The fraction of sp³-hybridized carbons (Fsp3) is 0.456. The van der Waals surface area contributed by atoms with E-state index in [2.05, 4.69) is 94.7 Å². The quantitative estimate of drug-likeness (QED) is 0.00978. The van der Waals surface area contributed by atoms with Crippen molar-refractivity contribution in [1.82, 2.24) is 74.0 Å². The van der Waals surface area contributed by atoms with Crippen LogP contribution in [0.1, 0.15) is 142 Å². The predicted molar refractivity (Wildman–Crippen MR) is 560 cm³/mol. The Balaban J connectivity index is 0.000000340. The normalized spacial score (nSPS) is 21.7. The van der Waals surface area contributed by atoms with E-state index < -0.39 is 217 Å². The van der Waals surface area contributed by atoms with Gasteiger partial charge in [0.25, 0.3) is 17.7 Å². The largest absolute Gasteiger partial charge is 0.481 e. The number of carbonyl (C=O) groups is 22. The molecule has 3 unspecified atom stereocenters. The highest BCUT2D eigenvalue weighted by Crippen LogP contribution is 2.30. The molecule has 0 radical (unpaired) electrons. The maximum Gasteiger partial charge on any atom is 0.305 e. The Morgan fingerprint density at radius 3 is 1.22 bits per heavy atom. The van der Waals surface area contributed by atoms with Crippen molar-refractivity contribution in [3.8, 4) is 0 Å². The molecule has 35 N–H and O–H groups in total. The molecule has 148 heavy (non-hydrogen) atoms. The summed E-state index contributed by atoms with van der Waals surface area (Å²) in [5.74, 6) is -15.9. The Morgan fingerprint density at radius 2 is 0.797 bits per heavy atom. The number of carboxylic acid groups (broad SMARTS) is 2. The van der Waals surface area contributed by atoms with Gasteiger partial charge in [0.1, 0.15) is 71.9 Å². The average Bonchev–Trinajstić information content (AvgIpc) is 1.46. The highest BCUT2D eigenvalue weighted by atomic mass is 33.1. The lowest BCUT2D eigenvalue weighted by molar-refractivity contribution is -0.141. The van der Waals surface area contributed by atoms with E-state index >= 15 is 0 Å². The number of unbranched alkanes of at least 4 members (excludes halogenated alkanes) is 3. The number of nitrogens with two attached hydrogens (primary N) is 9. The molecule has 4 aliphatic heterocycles. The first kappa shape index (κ1) is 122. The van der Waals surface area contributed by atoms with Crippen molar-refractivity contribution in [2.75, 3.05) is 91.0 Å². The number of carboxylic acids is 2. The van der Waals surface area contributed by atoms with Gasteiger partial charge in [-0.05, 0) is 125 Å². The third-order valence-corrected chi connectivity index (χ3v) is 28.6. The number of amides is 19. The van der Waals surface area contributed by atoms with Gasteiger partial charge in [-0.2, -0.15) is 0 Å². The first-order valence-electron chi connectivity index (χ1n) is 46.3. The van der Waals surface area contributed by atoms with Crippen LogP contribution in [-0.4, -0.2) is 304 Å². The van der Waals surface area contributed by atoms with Crippen LogP contribution in [0.2, 0.25) is 0 Å². The second kappa shape index (κ2) is 65.0. The number of anilines is 2. The monoisotopic (exact) mass is 2170 g/mol. The summed E-state index contributed by atoms with van der Waals surface area (Å²) in [6, 6.07) is 12.0. The molecule has 4 aromatic rings. The van der Waals surface area contributed by atoms with Crippen LogP contribution in [0.15, 0.2) is 112 Å². The molecule has 0 aromatic heterocycles. The van der Waals surface area contributed by atoms with Crippen molar-refractivity contribution in [3.63, 3.8) is 0 Å². The molecule has 4 aliphatic rings. The van der Waals surface area contributed by atoms with Gasteiger partial charge in [0.05, 0.1) is 32.5 Å². The standard InChI is InChI=1S/C33H46N10O9S2.C30H39N9O8S2.C27H39N9O7S2/c34-28(48)23-18-54-53-14-11-25(44)39-20(9-4-5-12-37-33(35)36)29(49)38-17-26(45)40-21(16-27(46)47)30(50)41-22(15-19-7-2-1-3-8-19)32(52)43-13-6-10-24(43)31(51)42-23;31-26(44)22-15-49-48-10-8-23(40)36-19(7-3-4-9-34-30(32)33)28(46)35-14-24(41)37-21(13-25(42)43)29(47)38-20-12-17(27(45)39-22)11-16-5-1-2-6-18(16)20;1-15(37)11-19-26(43)33-17-6-4-5-16(12-17)24(41)36-20(23(28)40)14-45-44-10-8-21(38)34-18(7-2-3-9-31-27(29)30)25(42)32-13-22(39)35-19/h1-3,7-8,15,20-21,23-24H,4-6,9-14,16-18H2,(H2,34,48)(H,38,49)(H,39,44)(H,40,45)(H,41,50)(H,42,51)(H,46,47)(H4,35,36,37);1-2,5-6,11-12,19,21-22H,3-4,7-10,13-15H2,(H2,31,44)(H,35,46)(H,36,40)(H,37,41)(H,38,47)(H,39,45)(H,42,43)(H4,32,33,34);4-6,12,18-20H,2-3,7-11,13-14H2,1H3,(H2,28,40)(H,32,42)(H,33,43)(H,34,38)(H,35,39)(H,36,41)(H4,29,30,31)/b22-15+;;/t20-,21-,23?,24-;19-,21-,22?;18-,19-,20?/m000/s1. The molecule has 804 valence electrons. The first-order valence-corrected chi connectivity index (χ1v) is 53.8. The van der Waals surface area contributed by atoms with Gasteiger partial charge in [0.15, 0.2) is 17.9 Å². The Morgan fingerprint density at radius 1 is 0.399 bits per heavy atom. The second-order valence-electron chi connectivity index (χ2n) is 33.2. The number of aliphatic imine (C=N–C) groups is 3. The predicted octanol–water partition coefficient (Wildman–Crippen LogP) is -4.45. The van der Waals surface area contributed by atoms with Crippen LogP contribution >= 0.6 is 64.8 Å². The summed E-state index contributed by atoms with van der Waals surface area (Å²) < 4.78 is 0. The average molecular weight is 2170 g/mol. The molecule has 4 heterocycles. The summed E-state index contributed by atoms with van der Waals surface area (Å²) in [7, 11) is 7.42. The number of nitrogens with zero attached hydrogens (tertiary/aromatic N) is 4. The molecule has 2 fully saturated rings. The molecular formula is C90H124N28O24S6. The fourth-order valence-corrected chi connectivity index (χ4v) is 20.5. The number of rotatable bonds is 25. The molecule has 58 heteroatoms. The Bertz CT molecular complexity index is 5540. The third kappa shape index (κ3) is 46.4. The van der Waals surface area contributed by atoms with E-state index in [0.29, 0.717) is 85.9 Å². The van der Waals surface area contributed by atoms with Crippen molar-refractivity contribution < 1.29 is 116 Å². The zero-order valence-electron chi connectivity index (χ0n) is 80.5. The van der Waals surface area contributed by atoms with Crippen molar-refractivity contribution in [2.24, 2.45) is 66.6 Å². The highest BCUT2D eigenvalue weighted by Gasteiger charge is 2.40. The summed E-state index contributed by atoms with van der Waals surface area (Å²) in [6.45, 7) is 0.482. The number of ketones is 1. The molecular weight excluding hydrogens is 2050 g/mol. The van der Waals surface area contributed by atoms with E-state index in [0.717, 1.165) is 0 Å². The minimum atomic E-state index is -1.70. The second-order valence-corrected chi connectivity index (χ2v) is 41.1. The fourth-order valence-electron chi connectivity index (χ4n) is 14.0. The number of hydrogen-bond donors (Lipinski definition) is 26. The van der Waals surface area contributed by atoms with Gasteiger partial charge < -0.3 is 146 Å². The molecule has 10 atom stereocenters. The summed E-state index contributed by atoms with van der Waals surface area (Å²) in [6.07, 6.45) is 3.48. The molecule has 8 rings (SSSR count). The van der Waals surface area contributed by atoms with E-state index in [1.165, 1.54) is 113 Å². The Kier molecular flexibility index (Phi) is 53.6. The minimum Gasteiger partial charge on any atom is -0.481 e. The lowest BCUT2D eigenvalue weighted by atomic mass is 10.0. The number of primary amides is 3. The van der Waals surface area contributed by atoms with E-state index in [4.69, 9.17) is 51.6 Å². The van der Waals surface area contributed by atoms with Crippen molar-refractivity contribution >= 4 is 241 Å². The summed E-state index contributed by atoms with van der Waals surface area (Å²) in [5, 5.41) is 57.8. The Hall–Kier alpha value is -14.7. The summed E-state index contributed by atoms with van der Waals surface area (Å²) >= 11 is 0. The molecule has 19 amide bonds. The number of aliphatic carboxylic acids is 2. The summed E-state index contributed by atoms with van der Waals surface area (Å²) in [4.78, 5) is 294. The van der Waals surface area contributed by atoms with E-state index in [1.54, 1.807) is 60.7 Å².